The first-order valence-corrected chi connectivity index (χ1v) is 9.97. The number of hydrogen-bond acceptors (Lipinski definition) is 2. The molecular formula is C26H23FN2O2. The molecule has 0 atom stereocenters. The molecule has 0 aliphatic rings. The summed E-state index contributed by atoms with van der Waals surface area (Å²) in [6.45, 7) is 3.96. The third-order valence-corrected chi connectivity index (χ3v) is 5.27. The van der Waals surface area contributed by atoms with Gasteiger partial charge in [-0.05, 0) is 86.1 Å². The number of ether oxygens (including phenoxy) is 1. The lowest BCUT2D eigenvalue weighted by Gasteiger charge is -2.13. The van der Waals surface area contributed by atoms with Crippen LogP contribution in [0.5, 0.6) is 5.75 Å². The van der Waals surface area contributed by atoms with Gasteiger partial charge in [0.1, 0.15) is 11.6 Å². The number of carbonyl (C=O) groups is 1. The number of halogens is 1. The van der Waals surface area contributed by atoms with E-state index in [0.29, 0.717) is 11.3 Å². The molecule has 0 saturated heterocycles. The topological polar surface area (TPSA) is 43.3 Å². The molecule has 5 heteroatoms. The summed E-state index contributed by atoms with van der Waals surface area (Å²) in [5, 5.41) is 2.86. The number of nitrogens with one attached hydrogen (secondary N) is 1. The molecule has 0 fully saturated rings. The van der Waals surface area contributed by atoms with E-state index < -0.39 is 0 Å². The molecule has 4 nitrogen and oxygen atoms in total. The van der Waals surface area contributed by atoms with Crippen LogP contribution in [0.2, 0.25) is 0 Å². The molecule has 0 unspecified atom stereocenters. The van der Waals surface area contributed by atoms with Crippen LogP contribution in [0.3, 0.4) is 0 Å². The van der Waals surface area contributed by atoms with E-state index in [1.807, 2.05) is 68.4 Å². The Hall–Kier alpha value is -3.86. The molecule has 4 aromatic rings. The van der Waals surface area contributed by atoms with Gasteiger partial charge >= 0.3 is 0 Å². The molecule has 0 spiro atoms. The predicted molar refractivity (Wildman–Crippen MR) is 122 cm³/mol. The second kappa shape index (κ2) is 8.48. The minimum absolute atomic E-state index is 0.246. The molecule has 3 aromatic carbocycles. The van der Waals surface area contributed by atoms with Crippen LogP contribution in [0.25, 0.3) is 16.9 Å². The first kappa shape index (κ1) is 20.4. The van der Waals surface area contributed by atoms with E-state index in [9.17, 15) is 9.18 Å². The smallest absolute Gasteiger partial charge is 0.257 e. The first-order chi connectivity index (χ1) is 15.0. The lowest BCUT2D eigenvalue weighted by atomic mass is 10.1. The maximum absolute atomic E-state index is 13.2. The van der Waals surface area contributed by atoms with E-state index in [4.69, 9.17) is 4.74 Å². The number of hydrogen-bond donors (Lipinski definition) is 1. The van der Waals surface area contributed by atoms with Gasteiger partial charge < -0.3 is 14.6 Å². The van der Waals surface area contributed by atoms with Crippen molar-refractivity contribution in [3.05, 3.63) is 102 Å². The molecule has 0 aliphatic carbocycles. The van der Waals surface area contributed by atoms with E-state index in [2.05, 4.69) is 9.88 Å². The summed E-state index contributed by atoms with van der Waals surface area (Å²) in [5.74, 6) is 0.175. The van der Waals surface area contributed by atoms with Crippen LogP contribution in [-0.4, -0.2) is 17.6 Å². The third kappa shape index (κ3) is 4.21. The number of anilines is 1. The predicted octanol–water partition coefficient (Wildman–Crippen LogP) is 6.16. The fourth-order valence-corrected chi connectivity index (χ4v) is 3.57. The van der Waals surface area contributed by atoms with Crippen molar-refractivity contribution in [2.75, 3.05) is 12.4 Å². The van der Waals surface area contributed by atoms with Crippen LogP contribution in [0.1, 0.15) is 21.6 Å². The lowest BCUT2D eigenvalue weighted by molar-refractivity contribution is 0.102. The van der Waals surface area contributed by atoms with Crippen LogP contribution >= 0.6 is 0 Å². The van der Waals surface area contributed by atoms with Gasteiger partial charge in [0.15, 0.2) is 0 Å². The average molecular weight is 414 g/mol. The molecule has 0 aliphatic heterocycles. The largest absolute Gasteiger partial charge is 0.497 e. The maximum atomic E-state index is 13.2. The van der Waals surface area contributed by atoms with E-state index in [0.717, 1.165) is 34.0 Å². The Morgan fingerprint density at radius 2 is 1.55 bits per heavy atom. The Bertz CT molecular complexity index is 1210. The molecule has 0 bridgehead atoms. The van der Waals surface area contributed by atoms with Gasteiger partial charge in [-0.3, -0.25) is 4.79 Å². The van der Waals surface area contributed by atoms with Gasteiger partial charge in [-0.1, -0.05) is 17.7 Å². The second-order valence-corrected chi connectivity index (χ2v) is 7.39. The summed E-state index contributed by atoms with van der Waals surface area (Å²) in [4.78, 5) is 13.1. The van der Waals surface area contributed by atoms with E-state index >= 15 is 0 Å². The van der Waals surface area contributed by atoms with Gasteiger partial charge in [0.2, 0.25) is 0 Å². The van der Waals surface area contributed by atoms with Crippen molar-refractivity contribution in [3.63, 3.8) is 0 Å². The highest BCUT2D eigenvalue weighted by Crippen LogP contribution is 2.31. The van der Waals surface area contributed by atoms with Crippen molar-refractivity contribution < 1.29 is 13.9 Å². The highest BCUT2D eigenvalue weighted by atomic mass is 19.1. The molecule has 1 N–H and O–H groups in total. The number of nitrogens with zero attached hydrogens (tertiary/aromatic N) is 1. The molecule has 0 saturated carbocycles. The zero-order chi connectivity index (χ0) is 22.0. The zero-order valence-corrected chi connectivity index (χ0v) is 17.6. The molecule has 156 valence electrons. The maximum Gasteiger partial charge on any atom is 0.257 e. The fourth-order valence-electron chi connectivity index (χ4n) is 3.57. The summed E-state index contributed by atoms with van der Waals surface area (Å²) in [6.07, 6.45) is 0. The number of carbonyl (C=O) groups excluding carboxylic acids is 1. The SMILES string of the molecule is COc1ccc(-c2cc(C(=O)Nc3ccc(F)cc3)c(C)n2-c2ccc(C)cc2)cc1. The van der Waals surface area contributed by atoms with E-state index in [-0.39, 0.29) is 11.7 Å². The lowest BCUT2D eigenvalue weighted by Crippen LogP contribution is -2.13. The molecule has 1 heterocycles. The van der Waals surface area contributed by atoms with Crippen molar-refractivity contribution >= 4 is 11.6 Å². The van der Waals surface area contributed by atoms with Gasteiger partial charge in [-0.15, -0.1) is 0 Å². The highest BCUT2D eigenvalue weighted by molar-refractivity contribution is 6.06. The number of aromatic nitrogens is 1. The van der Waals surface area contributed by atoms with Gasteiger partial charge in [0.25, 0.3) is 5.91 Å². The fraction of sp³-hybridized carbons (Fsp3) is 0.115. The first-order valence-electron chi connectivity index (χ1n) is 9.97. The normalized spacial score (nSPS) is 10.7. The summed E-state index contributed by atoms with van der Waals surface area (Å²) in [7, 11) is 1.63. The molecular weight excluding hydrogens is 391 g/mol. The Kier molecular flexibility index (Phi) is 5.58. The number of aryl methyl sites for hydroxylation is 1. The highest BCUT2D eigenvalue weighted by Gasteiger charge is 2.20. The number of benzene rings is 3. The van der Waals surface area contributed by atoms with Gasteiger partial charge in [-0.2, -0.15) is 0 Å². The molecule has 31 heavy (non-hydrogen) atoms. The summed E-state index contributed by atoms with van der Waals surface area (Å²) in [6, 6.07) is 23.5. The van der Waals surface area contributed by atoms with Crippen molar-refractivity contribution in [2.45, 2.75) is 13.8 Å². The second-order valence-electron chi connectivity index (χ2n) is 7.39. The zero-order valence-electron chi connectivity index (χ0n) is 17.6. The number of methoxy groups -OCH3 is 1. The van der Waals surface area contributed by atoms with Crippen LogP contribution in [0.15, 0.2) is 78.9 Å². The minimum Gasteiger partial charge on any atom is -0.497 e. The van der Waals surface area contributed by atoms with Gasteiger partial charge in [0, 0.05) is 17.1 Å². The Morgan fingerprint density at radius 3 is 2.16 bits per heavy atom. The minimum atomic E-state index is -0.346. The standard InChI is InChI=1S/C26H23FN2O2/c1-17-4-12-22(13-5-17)29-18(2)24(26(30)28-21-10-8-20(27)9-11-21)16-25(29)19-6-14-23(31-3)15-7-19/h4-16H,1-3H3,(H,28,30). The van der Waals surface area contributed by atoms with E-state index in [1.54, 1.807) is 19.2 Å². The summed E-state index contributed by atoms with van der Waals surface area (Å²) >= 11 is 0. The average Bonchev–Trinajstić information content (AvgIpc) is 3.13. The van der Waals surface area contributed by atoms with Crippen molar-refractivity contribution in [2.24, 2.45) is 0 Å². The van der Waals surface area contributed by atoms with Crippen molar-refractivity contribution in [1.82, 2.24) is 4.57 Å². The Labute approximate surface area is 180 Å². The molecule has 4 rings (SSSR count). The third-order valence-electron chi connectivity index (χ3n) is 5.27. The quantitative estimate of drug-likeness (QED) is 0.425. The Morgan fingerprint density at radius 1 is 0.903 bits per heavy atom. The summed E-state index contributed by atoms with van der Waals surface area (Å²) in [5.41, 5.74) is 5.90. The monoisotopic (exact) mass is 414 g/mol. The Balaban J connectivity index is 1.79. The van der Waals surface area contributed by atoms with Gasteiger partial charge in [-0.25, -0.2) is 4.39 Å². The summed E-state index contributed by atoms with van der Waals surface area (Å²) < 4.78 is 20.5. The van der Waals surface area contributed by atoms with Crippen LogP contribution in [0.4, 0.5) is 10.1 Å². The molecule has 1 amide bonds. The van der Waals surface area contributed by atoms with Crippen molar-refractivity contribution in [1.29, 1.82) is 0 Å². The molecule has 0 radical (unpaired) electrons. The molecule has 1 aromatic heterocycles. The number of rotatable bonds is 5. The van der Waals surface area contributed by atoms with Crippen LogP contribution in [0, 0.1) is 19.7 Å². The van der Waals surface area contributed by atoms with Crippen LogP contribution in [-0.2, 0) is 0 Å². The van der Waals surface area contributed by atoms with Crippen molar-refractivity contribution in [3.8, 4) is 22.7 Å². The van der Waals surface area contributed by atoms with Crippen LogP contribution < -0.4 is 10.1 Å². The van der Waals surface area contributed by atoms with E-state index in [1.165, 1.54) is 12.1 Å². The van der Waals surface area contributed by atoms with Gasteiger partial charge in [0.05, 0.1) is 18.4 Å². The number of amides is 1.